The summed E-state index contributed by atoms with van der Waals surface area (Å²) < 4.78 is 1.09. The number of halogens is 1. The molecule has 1 heterocycles. The third-order valence-corrected chi connectivity index (χ3v) is 3.19. The maximum Gasteiger partial charge on any atom is 0.0577 e. The minimum Gasteiger partial charge on any atom is -0.322 e. The zero-order chi connectivity index (χ0) is 12.3. The van der Waals surface area contributed by atoms with Gasteiger partial charge in [0.05, 0.1) is 11.7 Å². The van der Waals surface area contributed by atoms with Crippen molar-refractivity contribution in [2.75, 3.05) is 0 Å². The van der Waals surface area contributed by atoms with E-state index in [1.54, 1.807) is 0 Å². The summed E-state index contributed by atoms with van der Waals surface area (Å²) in [5, 5.41) is 0. The number of benzene rings is 1. The van der Waals surface area contributed by atoms with Gasteiger partial charge in [-0.3, -0.25) is 4.98 Å². The Morgan fingerprint density at radius 3 is 2.53 bits per heavy atom. The maximum absolute atomic E-state index is 6.16. The van der Waals surface area contributed by atoms with E-state index in [0.29, 0.717) is 0 Å². The van der Waals surface area contributed by atoms with Crippen molar-refractivity contribution in [2.45, 2.75) is 19.4 Å². The number of hydrogen-bond donors (Lipinski definition) is 1. The lowest BCUT2D eigenvalue weighted by molar-refractivity contribution is 0.693. The van der Waals surface area contributed by atoms with Gasteiger partial charge in [-0.1, -0.05) is 34.1 Å². The summed E-state index contributed by atoms with van der Waals surface area (Å²) in [6.07, 6.45) is 0.809. The van der Waals surface area contributed by atoms with E-state index >= 15 is 0 Å². The van der Waals surface area contributed by atoms with Crippen molar-refractivity contribution in [3.8, 4) is 0 Å². The Morgan fingerprint density at radius 2 is 1.88 bits per heavy atom. The molecule has 3 heteroatoms. The fourth-order valence-electron chi connectivity index (χ4n) is 1.75. The Balaban J connectivity index is 2.11. The third-order valence-electron chi connectivity index (χ3n) is 2.66. The first-order valence-electron chi connectivity index (χ1n) is 5.59. The zero-order valence-electron chi connectivity index (χ0n) is 9.73. The van der Waals surface area contributed by atoms with Crippen LogP contribution in [0.2, 0.25) is 0 Å². The lowest BCUT2D eigenvalue weighted by Gasteiger charge is -2.11. The monoisotopic (exact) mass is 290 g/mol. The van der Waals surface area contributed by atoms with Gasteiger partial charge >= 0.3 is 0 Å². The molecule has 1 aromatic heterocycles. The summed E-state index contributed by atoms with van der Waals surface area (Å²) >= 11 is 3.42. The topological polar surface area (TPSA) is 38.9 Å². The van der Waals surface area contributed by atoms with E-state index in [9.17, 15) is 0 Å². The lowest BCUT2D eigenvalue weighted by atomic mass is 10.0. The first kappa shape index (κ1) is 12.3. The predicted molar refractivity (Wildman–Crippen MR) is 73.7 cm³/mol. The molecule has 88 valence electrons. The van der Waals surface area contributed by atoms with Crippen molar-refractivity contribution in [1.82, 2.24) is 4.98 Å². The van der Waals surface area contributed by atoms with Crippen molar-refractivity contribution in [3.63, 3.8) is 0 Å². The smallest absolute Gasteiger partial charge is 0.0577 e. The van der Waals surface area contributed by atoms with Crippen molar-refractivity contribution in [2.24, 2.45) is 5.73 Å². The summed E-state index contributed by atoms with van der Waals surface area (Å²) in [5.41, 5.74) is 9.35. The molecule has 2 N–H and O–H groups in total. The number of nitrogens with two attached hydrogens (primary N) is 1. The largest absolute Gasteiger partial charge is 0.322 e. The number of aryl methyl sites for hydroxylation is 1. The van der Waals surface area contributed by atoms with Crippen LogP contribution in [0.3, 0.4) is 0 Å². The minimum absolute atomic E-state index is 0.0453. The van der Waals surface area contributed by atoms with Crippen LogP contribution in [0.15, 0.2) is 46.9 Å². The minimum atomic E-state index is -0.0453. The highest BCUT2D eigenvalue weighted by atomic mass is 79.9. The van der Waals surface area contributed by atoms with Crippen molar-refractivity contribution in [1.29, 1.82) is 0 Å². The van der Waals surface area contributed by atoms with Crippen LogP contribution in [0.1, 0.15) is 23.0 Å². The second-order valence-corrected chi connectivity index (χ2v) is 5.06. The molecule has 0 aliphatic heterocycles. The van der Waals surface area contributed by atoms with Crippen molar-refractivity contribution in [3.05, 3.63) is 63.9 Å². The predicted octanol–water partition coefficient (Wildman–Crippen LogP) is 3.40. The van der Waals surface area contributed by atoms with Crippen LogP contribution >= 0.6 is 15.9 Å². The first-order valence-corrected chi connectivity index (χ1v) is 6.38. The van der Waals surface area contributed by atoms with Gasteiger partial charge in [0.15, 0.2) is 0 Å². The highest BCUT2D eigenvalue weighted by molar-refractivity contribution is 9.10. The average molecular weight is 291 g/mol. The molecule has 2 nitrogen and oxygen atoms in total. The maximum atomic E-state index is 6.16. The molecule has 2 aromatic rings. The van der Waals surface area contributed by atoms with E-state index < -0.39 is 0 Å². The van der Waals surface area contributed by atoms with Crippen LogP contribution < -0.4 is 5.73 Å². The van der Waals surface area contributed by atoms with Crippen molar-refractivity contribution < 1.29 is 0 Å². The molecule has 0 radical (unpaired) electrons. The Labute approximate surface area is 110 Å². The second-order valence-electron chi connectivity index (χ2n) is 4.14. The summed E-state index contributed by atoms with van der Waals surface area (Å²) in [6, 6.07) is 14.2. The number of hydrogen-bond acceptors (Lipinski definition) is 2. The molecule has 0 saturated heterocycles. The Kier molecular flexibility index (Phi) is 3.92. The molecule has 1 aromatic carbocycles. The molecule has 0 aliphatic rings. The van der Waals surface area contributed by atoms with Crippen molar-refractivity contribution >= 4 is 15.9 Å². The fourth-order valence-corrected chi connectivity index (χ4v) is 2.01. The van der Waals surface area contributed by atoms with Gasteiger partial charge in [0, 0.05) is 10.2 Å². The summed E-state index contributed by atoms with van der Waals surface area (Å²) in [4.78, 5) is 4.45. The van der Waals surface area contributed by atoms with Crippen LogP contribution in [-0.2, 0) is 6.42 Å². The SMILES string of the molecule is Cc1cccc(C(N)Cc2ccc(Br)cc2)n1. The van der Waals surface area contributed by atoms with Gasteiger partial charge in [0.1, 0.15) is 0 Å². The molecular formula is C14H15BrN2. The first-order chi connectivity index (χ1) is 8.15. The van der Waals surface area contributed by atoms with E-state index in [-0.39, 0.29) is 6.04 Å². The van der Waals surface area contributed by atoms with Gasteiger partial charge < -0.3 is 5.73 Å². The second kappa shape index (κ2) is 5.43. The molecule has 2 rings (SSSR count). The fraction of sp³-hybridized carbons (Fsp3) is 0.214. The van der Waals surface area contributed by atoms with Crippen LogP contribution in [0.5, 0.6) is 0 Å². The van der Waals surface area contributed by atoms with E-state index in [0.717, 1.165) is 22.3 Å². The highest BCUT2D eigenvalue weighted by Gasteiger charge is 2.08. The number of pyridine rings is 1. The molecular weight excluding hydrogens is 276 g/mol. The third kappa shape index (κ3) is 3.38. The summed E-state index contributed by atoms with van der Waals surface area (Å²) in [6.45, 7) is 1.98. The molecule has 0 spiro atoms. The van der Waals surface area contributed by atoms with E-state index in [1.165, 1.54) is 5.56 Å². The molecule has 0 amide bonds. The van der Waals surface area contributed by atoms with Crippen LogP contribution in [0.4, 0.5) is 0 Å². The highest BCUT2D eigenvalue weighted by Crippen LogP contribution is 2.17. The molecule has 17 heavy (non-hydrogen) atoms. The zero-order valence-corrected chi connectivity index (χ0v) is 11.3. The Morgan fingerprint density at radius 1 is 1.18 bits per heavy atom. The van der Waals surface area contributed by atoms with Gasteiger partial charge in [0.25, 0.3) is 0 Å². The molecule has 0 saturated carbocycles. The molecule has 0 fully saturated rings. The molecule has 0 bridgehead atoms. The van der Waals surface area contributed by atoms with Crippen LogP contribution in [-0.4, -0.2) is 4.98 Å². The number of aromatic nitrogens is 1. The van der Waals surface area contributed by atoms with Crippen LogP contribution in [0, 0.1) is 6.92 Å². The quantitative estimate of drug-likeness (QED) is 0.941. The summed E-state index contributed by atoms with van der Waals surface area (Å²) in [5.74, 6) is 0. The normalized spacial score (nSPS) is 12.4. The van der Waals surface area contributed by atoms with E-state index in [2.05, 4.69) is 33.0 Å². The molecule has 1 unspecified atom stereocenters. The Hall–Kier alpha value is -1.19. The van der Waals surface area contributed by atoms with E-state index in [1.807, 2.05) is 37.3 Å². The van der Waals surface area contributed by atoms with Gasteiger partial charge in [-0.15, -0.1) is 0 Å². The average Bonchev–Trinajstić information content (AvgIpc) is 2.32. The van der Waals surface area contributed by atoms with Crippen LogP contribution in [0.25, 0.3) is 0 Å². The Bertz CT molecular complexity index is 494. The standard InChI is InChI=1S/C14H15BrN2/c1-10-3-2-4-14(17-10)13(16)9-11-5-7-12(15)8-6-11/h2-8,13H,9,16H2,1H3. The lowest BCUT2D eigenvalue weighted by Crippen LogP contribution is -2.15. The van der Waals surface area contributed by atoms with Gasteiger partial charge in [-0.05, 0) is 43.2 Å². The van der Waals surface area contributed by atoms with Gasteiger partial charge in [-0.2, -0.15) is 0 Å². The van der Waals surface area contributed by atoms with E-state index in [4.69, 9.17) is 5.73 Å². The molecule has 1 atom stereocenters. The number of rotatable bonds is 3. The van der Waals surface area contributed by atoms with Gasteiger partial charge in [-0.25, -0.2) is 0 Å². The number of nitrogens with zero attached hydrogens (tertiary/aromatic N) is 1. The molecule has 0 aliphatic carbocycles. The van der Waals surface area contributed by atoms with Gasteiger partial charge in [0.2, 0.25) is 0 Å². The summed E-state index contributed by atoms with van der Waals surface area (Å²) in [7, 11) is 0.